The molecule has 2 rings (SSSR count). The molecule has 1 aliphatic rings. The highest BCUT2D eigenvalue weighted by Crippen LogP contribution is 2.31. The minimum atomic E-state index is -0.388. The van der Waals surface area contributed by atoms with Crippen molar-refractivity contribution >= 4 is 0 Å². The molecule has 0 aromatic heterocycles. The molecular weight excluding hydrogens is 244 g/mol. The summed E-state index contributed by atoms with van der Waals surface area (Å²) < 4.78 is 11.3. The fourth-order valence-electron chi connectivity index (χ4n) is 2.29. The summed E-state index contributed by atoms with van der Waals surface area (Å²) in [6.07, 6.45) is 1.23. The predicted molar refractivity (Wildman–Crippen MR) is 73.5 cm³/mol. The maximum absolute atomic E-state index is 9.08. The van der Waals surface area contributed by atoms with E-state index in [1.807, 2.05) is 18.2 Å². The van der Waals surface area contributed by atoms with Crippen LogP contribution in [-0.2, 0) is 0 Å². The third-order valence-corrected chi connectivity index (χ3v) is 3.45. The summed E-state index contributed by atoms with van der Waals surface area (Å²) in [5, 5.41) is 9.08. The second-order valence-electron chi connectivity index (χ2n) is 4.99. The van der Waals surface area contributed by atoms with Crippen molar-refractivity contribution in [3.63, 3.8) is 0 Å². The topological polar surface area (TPSA) is 68.0 Å². The highest BCUT2D eigenvalue weighted by Gasteiger charge is 2.22. The first kappa shape index (κ1) is 14.1. The van der Waals surface area contributed by atoms with Crippen LogP contribution in [0.25, 0.3) is 0 Å². The van der Waals surface area contributed by atoms with Crippen LogP contribution in [0, 0.1) is 0 Å². The van der Waals surface area contributed by atoms with E-state index in [1.54, 1.807) is 7.11 Å². The molecule has 0 amide bonds. The monoisotopic (exact) mass is 266 g/mol. The molecule has 1 heterocycles. The van der Waals surface area contributed by atoms with Gasteiger partial charge in [0, 0.05) is 13.1 Å². The van der Waals surface area contributed by atoms with E-state index >= 15 is 0 Å². The molecule has 5 heteroatoms. The van der Waals surface area contributed by atoms with Gasteiger partial charge in [0.2, 0.25) is 0 Å². The van der Waals surface area contributed by atoms with Gasteiger partial charge in [0.25, 0.3) is 0 Å². The van der Waals surface area contributed by atoms with E-state index in [2.05, 4.69) is 11.9 Å². The zero-order chi connectivity index (χ0) is 13.8. The number of nitrogens with two attached hydrogens (primary N) is 1. The van der Waals surface area contributed by atoms with Gasteiger partial charge < -0.3 is 25.2 Å². The maximum Gasteiger partial charge on any atom is 0.161 e. The molecular formula is C14H22N2O3. The highest BCUT2D eigenvalue weighted by atomic mass is 16.5. The Morgan fingerprint density at radius 2 is 2.26 bits per heavy atom. The summed E-state index contributed by atoms with van der Waals surface area (Å²) in [6.45, 7) is 1.90. The summed E-state index contributed by atoms with van der Waals surface area (Å²) in [5.41, 5.74) is 6.64. The lowest BCUT2D eigenvalue weighted by molar-refractivity contribution is 0.199. The fourth-order valence-corrected chi connectivity index (χ4v) is 2.29. The number of aliphatic hydroxyl groups excluding tert-OH is 1. The molecule has 3 N–H and O–H groups in total. The number of ether oxygens (including phenoxy) is 2. The van der Waals surface area contributed by atoms with Crippen LogP contribution in [0.15, 0.2) is 18.2 Å². The SMILES string of the molecule is COc1cc(C(N)CO)ccc1OC1CCN(C)C1. The van der Waals surface area contributed by atoms with Gasteiger partial charge in [0.05, 0.1) is 19.8 Å². The van der Waals surface area contributed by atoms with Crippen LogP contribution in [0.1, 0.15) is 18.0 Å². The first-order chi connectivity index (χ1) is 9.13. The summed E-state index contributed by atoms with van der Waals surface area (Å²) >= 11 is 0. The van der Waals surface area contributed by atoms with Gasteiger partial charge in [-0.2, -0.15) is 0 Å². The predicted octanol–water partition coefficient (Wildman–Crippen LogP) is 0.770. The molecule has 5 nitrogen and oxygen atoms in total. The van der Waals surface area contributed by atoms with Gasteiger partial charge in [-0.25, -0.2) is 0 Å². The molecule has 106 valence electrons. The quantitative estimate of drug-likeness (QED) is 0.824. The molecule has 19 heavy (non-hydrogen) atoms. The van der Waals surface area contributed by atoms with Gasteiger partial charge in [0.1, 0.15) is 6.10 Å². The Balaban J connectivity index is 2.12. The van der Waals surface area contributed by atoms with Crippen molar-refractivity contribution in [2.45, 2.75) is 18.6 Å². The second kappa shape index (κ2) is 6.23. The van der Waals surface area contributed by atoms with E-state index in [0.29, 0.717) is 5.75 Å². The molecule has 1 aliphatic heterocycles. The Morgan fingerprint density at radius 3 is 2.84 bits per heavy atom. The number of methoxy groups -OCH3 is 1. The molecule has 0 bridgehead atoms. The van der Waals surface area contributed by atoms with Crippen LogP contribution in [0.4, 0.5) is 0 Å². The van der Waals surface area contributed by atoms with Crippen molar-refractivity contribution < 1.29 is 14.6 Å². The number of hydrogen-bond donors (Lipinski definition) is 2. The van der Waals surface area contributed by atoms with Crippen LogP contribution >= 0.6 is 0 Å². The number of nitrogens with zero attached hydrogens (tertiary/aromatic N) is 1. The van der Waals surface area contributed by atoms with Gasteiger partial charge >= 0.3 is 0 Å². The van der Waals surface area contributed by atoms with Crippen LogP contribution in [-0.4, -0.2) is 50.0 Å². The first-order valence-corrected chi connectivity index (χ1v) is 6.53. The molecule has 2 unspecified atom stereocenters. The van der Waals surface area contributed by atoms with Crippen molar-refractivity contribution in [1.82, 2.24) is 4.90 Å². The number of rotatable bonds is 5. The molecule has 1 saturated heterocycles. The number of likely N-dealkylation sites (N-methyl/N-ethyl adjacent to an activating group) is 1. The first-order valence-electron chi connectivity index (χ1n) is 6.53. The Hall–Kier alpha value is -1.30. The van der Waals surface area contributed by atoms with Crippen LogP contribution in [0.2, 0.25) is 0 Å². The van der Waals surface area contributed by atoms with Crippen LogP contribution in [0.3, 0.4) is 0 Å². The lowest BCUT2D eigenvalue weighted by Gasteiger charge is -2.18. The Labute approximate surface area is 113 Å². The molecule has 2 atom stereocenters. The van der Waals surface area contributed by atoms with Crippen LogP contribution in [0.5, 0.6) is 11.5 Å². The van der Waals surface area contributed by atoms with Crippen molar-refractivity contribution in [2.75, 3.05) is 33.9 Å². The molecule has 0 aliphatic carbocycles. The van der Waals surface area contributed by atoms with E-state index in [9.17, 15) is 0 Å². The number of likely N-dealkylation sites (tertiary alicyclic amines) is 1. The summed E-state index contributed by atoms with van der Waals surface area (Å²) in [5.74, 6) is 1.40. The van der Waals surface area contributed by atoms with Gasteiger partial charge in [-0.15, -0.1) is 0 Å². The molecule has 1 fully saturated rings. The Bertz CT molecular complexity index is 425. The average molecular weight is 266 g/mol. The highest BCUT2D eigenvalue weighted by molar-refractivity contribution is 5.44. The Kier molecular flexibility index (Phi) is 4.63. The number of benzene rings is 1. The lowest BCUT2D eigenvalue weighted by Crippen LogP contribution is -2.21. The summed E-state index contributed by atoms with van der Waals surface area (Å²) in [7, 11) is 3.70. The largest absolute Gasteiger partial charge is 0.493 e. The average Bonchev–Trinajstić information content (AvgIpc) is 2.83. The molecule has 0 saturated carbocycles. The van der Waals surface area contributed by atoms with Crippen LogP contribution < -0.4 is 15.2 Å². The standard InChI is InChI=1S/C14H22N2O3/c1-16-6-5-11(8-16)19-13-4-3-10(12(15)9-17)7-14(13)18-2/h3-4,7,11-12,17H,5-6,8-9,15H2,1-2H3. The molecule has 1 aromatic rings. The van der Waals surface area contributed by atoms with Crippen molar-refractivity contribution in [3.8, 4) is 11.5 Å². The third-order valence-electron chi connectivity index (χ3n) is 3.45. The van der Waals surface area contributed by atoms with E-state index in [0.717, 1.165) is 30.8 Å². The van der Waals surface area contributed by atoms with Gasteiger partial charge in [0.15, 0.2) is 11.5 Å². The van der Waals surface area contributed by atoms with Crippen molar-refractivity contribution in [1.29, 1.82) is 0 Å². The zero-order valence-electron chi connectivity index (χ0n) is 11.5. The normalized spacial score (nSPS) is 21.4. The van der Waals surface area contributed by atoms with Gasteiger partial charge in [-0.1, -0.05) is 6.07 Å². The minimum absolute atomic E-state index is 0.0865. The van der Waals surface area contributed by atoms with E-state index in [1.165, 1.54) is 0 Å². The number of hydrogen-bond acceptors (Lipinski definition) is 5. The second-order valence-corrected chi connectivity index (χ2v) is 4.99. The fraction of sp³-hybridized carbons (Fsp3) is 0.571. The smallest absolute Gasteiger partial charge is 0.161 e. The van der Waals surface area contributed by atoms with E-state index < -0.39 is 0 Å². The molecule has 0 spiro atoms. The van der Waals surface area contributed by atoms with Gasteiger partial charge in [-0.3, -0.25) is 0 Å². The summed E-state index contributed by atoms with van der Waals surface area (Å²) in [6, 6.07) is 5.18. The molecule has 1 aromatic carbocycles. The van der Waals surface area contributed by atoms with E-state index in [4.69, 9.17) is 20.3 Å². The molecule has 0 radical (unpaired) electrons. The zero-order valence-corrected chi connectivity index (χ0v) is 11.5. The van der Waals surface area contributed by atoms with Crippen molar-refractivity contribution in [2.24, 2.45) is 5.73 Å². The minimum Gasteiger partial charge on any atom is -0.493 e. The number of aliphatic hydroxyl groups is 1. The summed E-state index contributed by atoms with van der Waals surface area (Å²) in [4.78, 5) is 2.24. The Morgan fingerprint density at radius 1 is 1.47 bits per heavy atom. The lowest BCUT2D eigenvalue weighted by atomic mass is 10.1. The van der Waals surface area contributed by atoms with Crippen molar-refractivity contribution in [3.05, 3.63) is 23.8 Å². The van der Waals surface area contributed by atoms with E-state index in [-0.39, 0.29) is 18.8 Å². The third kappa shape index (κ3) is 3.37. The maximum atomic E-state index is 9.08. The van der Waals surface area contributed by atoms with Gasteiger partial charge in [-0.05, 0) is 31.2 Å².